The number of thioether (sulfide) groups is 1. The highest BCUT2D eigenvalue weighted by molar-refractivity contribution is 7.99. The number of hydrogen-bond acceptors (Lipinski definition) is 6. The van der Waals surface area contributed by atoms with Crippen molar-refractivity contribution in [2.24, 2.45) is 0 Å². The van der Waals surface area contributed by atoms with E-state index in [-0.39, 0.29) is 29.7 Å². The minimum atomic E-state index is -0.323. The molecular weight excluding hydrogens is 342 g/mol. The molecule has 136 valence electrons. The summed E-state index contributed by atoms with van der Waals surface area (Å²) in [6.07, 6.45) is 1.58. The maximum absolute atomic E-state index is 11.9. The largest absolute Gasteiger partial charge is 0.461 e. The first-order valence-electron chi connectivity index (χ1n) is 7.97. The lowest BCUT2D eigenvalue weighted by atomic mass is 10.1. The van der Waals surface area contributed by atoms with Gasteiger partial charge in [0.1, 0.15) is 0 Å². The third-order valence-electron chi connectivity index (χ3n) is 3.07. The second kappa shape index (κ2) is 8.19. The summed E-state index contributed by atoms with van der Waals surface area (Å²) in [4.78, 5) is 23.6. The third kappa shape index (κ3) is 5.63. The van der Waals surface area contributed by atoms with E-state index in [2.05, 4.69) is 20.8 Å². The fourth-order valence-electron chi connectivity index (χ4n) is 2.09. The molecule has 0 radical (unpaired) electrons. The van der Waals surface area contributed by atoms with Crippen molar-refractivity contribution in [2.45, 2.75) is 44.9 Å². The number of amides is 2. The highest BCUT2D eigenvalue weighted by Crippen LogP contribution is 2.23. The van der Waals surface area contributed by atoms with Gasteiger partial charge in [-0.2, -0.15) is 0 Å². The first-order valence-corrected chi connectivity index (χ1v) is 8.96. The lowest BCUT2D eigenvalue weighted by Crippen LogP contribution is -2.46. The normalized spacial score (nSPS) is 11.4. The summed E-state index contributed by atoms with van der Waals surface area (Å²) in [5, 5.41) is 14.3. The lowest BCUT2D eigenvalue weighted by Gasteiger charge is -2.20. The van der Waals surface area contributed by atoms with Gasteiger partial charge in [0.15, 0.2) is 16.7 Å². The van der Waals surface area contributed by atoms with Crippen LogP contribution in [0.15, 0.2) is 28.0 Å². The van der Waals surface area contributed by atoms with Crippen molar-refractivity contribution in [2.75, 3.05) is 12.3 Å². The van der Waals surface area contributed by atoms with Crippen LogP contribution < -0.4 is 10.6 Å². The molecule has 9 heteroatoms. The molecule has 0 aliphatic carbocycles. The van der Waals surface area contributed by atoms with Crippen molar-refractivity contribution in [3.63, 3.8) is 0 Å². The average molecular weight is 365 g/mol. The van der Waals surface area contributed by atoms with E-state index in [1.807, 2.05) is 38.3 Å². The van der Waals surface area contributed by atoms with Crippen molar-refractivity contribution in [1.82, 2.24) is 25.4 Å². The molecule has 0 unspecified atom stereocenters. The molecule has 2 aromatic rings. The van der Waals surface area contributed by atoms with Crippen LogP contribution in [-0.2, 0) is 16.1 Å². The molecule has 0 aliphatic rings. The van der Waals surface area contributed by atoms with Gasteiger partial charge in [0.25, 0.3) is 0 Å². The van der Waals surface area contributed by atoms with Crippen LogP contribution in [0.4, 0.5) is 0 Å². The minimum absolute atomic E-state index is 0.0468. The van der Waals surface area contributed by atoms with Gasteiger partial charge >= 0.3 is 0 Å². The maximum Gasteiger partial charge on any atom is 0.239 e. The topological polar surface area (TPSA) is 102 Å². The molecule has 0 atom stereocenters. The van der Waals surface area contributed by atoms with E-state index in [9.17, 15) is 9.59 Å². The number of aromatic nitrogens is 3. The van der Waals surface area contributed by atoms with Crippen molar-refractivity contribution < 1.29 is 14.0 Å². The summed E-state index contributed by atoms with van der Waals surface area (Å²) in [5.41, 5.74) is -0.323. The van der Waals surface area contributed by atoms with Gasteiger partial charge in [0, 0.05) is 12.1 Å². The van der Waals surface area contributed by atoms with Crippen LogP contribution in [0.5, 0.6) is 0 Å². The standard InChI is InChI=1S/C16H23N5O3S/c1-5-21-14(11-7-6-8-24-11)19-20-15(21)25-10-13(23)17-9-12(22)18-16(2,3)4/h6-8H,5,9-10H2,1-4H3,(H,17,23)(H,18,22). The molecule has 0 spiro atoms. The monoisotopic (exact) mass is 365 g/mol. The first-order chi connectivity index (χ1) is 11.8. The Kier molecular flexibility index (Phi) is 6.24. The number of furan rings is 1. The summed E-state index contributed by atoms with van der Waals surface area (Å²) in [6.45, 7) is 8.23. The SMILES string of the molecule is CCn1c(SCC(=O)NCC(=O)NC(C)(C)C)nnc1-c1ccco1. The summed E-state index contributed by atoms with van der Waals surface area (Å²) >= 11 is 1.27. The molecule has 2 heterocycles. The molecule has 2 aromatic heterocycles. The van der Waals surface area contributed by atoms with Crippen LogP contribution >= 0.6 is 11.8 Å². The second-order valence-corrected chi connectivity index (χ2v) is 7.33. The number of carbonyl (C=O) groups is 2. The Morgan fingerprint density at radius 2 is 2.04 bits per heavy atom. The van der Waals surface area contributed by atoms with E-state index >= 15 is 0 Å². The molecule has 0 saturated carbocycles. The van der Waals surface area contributed by atoms with Crippen molar-refractivity contribution in [1.29, 1.82) is 0 Å². The van der Waals surface area contributed by atoms with Gasteiger partial charge in [0.05, 0.1) is 18.6 Å². The zero-order valence-corrected chi connectivity index (χ0v) is 15.6. The van der Waals surface area contributed by atoms with Gasteiger partial charge in [-0.15, -0.1) is 10.2 Å². The Hall–Kier alpha value is -2.29. The van der Waals surface area contributed by atoms with Gasteiger partial charge in [-0.3, -0.25) is 14.2 Å². The van der Waals surface area contributed by atoms with Crippen LogP contribution in [0, 0.1) is 0 Å². The van der Waals surface area contributed by atoms with E-state index < -0.39 is 0 Å². The Balaban J connectivity index is 1.87. The molecule has 8 nitrogen and oxygen atoms in total. The highest BCUT2D eigenvalue weighted by Gasteiger charge is 2.17. The summed E-state index contributed by atoms with van der Waals surface area (Å²) in [6, 6.07) is 3.60. The third-order valence-corrected chi connectivity index (χ3v) is 4.03. The average Bonchev–Trinajstić information content (AvgIpc) is 3.17. The van der Waals surface area contributed by atoms with Crippen LogP contribution in [0.1, 0.15) is 27.7 Å². The predicted octanol–water partition coefficient (Wildman–Crippen LogP) is 1.68. The predicted molar refractivity (Wildman–Crippen MR) is 95.0 cm³/mol. The molecule has 0 saturated heterocycles. The maximum atomic E-state index is 11.9. The van der Waals surface area contributed by atoms with Gasteiger partial charge in [-0.25, -0.2) is 0 Å². The van der Waals surface area contributed by atoms with Crippen LogP contribution in [0.2, 0.25) is 0 Å². The van der Waals surface area contributed by atoms with E-state index in [4.69, 9.17) is 4.42 Å². The van der Waals surface area contributed by atoms with Crippen LogP contribution in [0.25, 0.3) is 11.6 Å². The van der Waals surface area contributed by atoms with Gasteiger partial charge < -0.3 is 15.1 Å². The first kappa shape index (κ1) is 19.0. The van der Waals surface area contributed by atoms with Crippen molar-refractivity contribution in [3.8, 4) is 11.6 Å². The van der Waals surface area contributed by atoms with Crippen LogP contribution in [0.3, 0.4) is 0 Å². The molecule has 2 amide bonds. The number of rotatable bonds is 7. The van der Waals surface area contributed by atoms with Crippen molar-refractivity contribution >= 4 is 23.6 Å². The van der Waals surface area contributed by atoms with E-state index in [1.54, 1.807) is 12.3 Å². The number of nitrogens with zero attached hydrogens (tertiary/aromatic N) is 3. The number of carbonyl (C=O) groups excluding carboxylic acids is 2. The Morgan fingerprint density at radius 3 is 2.64 bits per heavy atom. The smallest absolute Gasteiger partial charge is 0.239 e. The van der Waals surface area contributed by atoms with E-state index in [1.165, 1.54) is 11.8 Å². The fourth-order valence-corrected chi connectivity index (χ4v) is 2.92. The zero-order chi connectivity index (χ0) is 18.4. The van der Waals surface area contributed by atoms with E-state index in [0.29, 0.717) is 23.3 Å². The number of hydrogen-bond donors (Lipinski definition) is 2. The molecule has 25 heavy (non-hydrogen) atoms. The second-order valence-electron chi connectivity index (χ2n) is 6.39. The molecule has 0 fully saturated rings. The van der Waals surface area contributed by atoms with Crippen LogP contribution in [-0.4, -0.2) is 44.4 Å². The Labute approximate surface area is 150 Å². The van der Waals surface area contributed by atoms with Gasteiger partial charge in [0.2, 0.25) is 11.8 Å². The summed E-state index contributed by atoms with van der Waals surface area (Å²) < 4.78 is 7.23. The number of nitrogens with one attached hydrogen (secondary N) is 2. The molecule has 0 aliphatic heterocycles. The van der Waals surface area contributed by atoms with Crippen molar-refractivity contribution in [3.05, 3.63) is 18.4 Å². The molecule has 2 N–H and O–H groups in total. The minimum Gasteiger partial charge on any atom is -0.461 e. The molecule has 0 bridgehead atoms. The Morgan fingerprint density at radius 1 is 1.28 bits per heavy atom. The molecule has 2 rings (SSSR count). The molecule has 0 aromatic carbocycles. The van der Waals surface area contributed by atoms with Gasteiger partial charge in [-0.1, -0.05) is 11.8 Å². The Bertz CT molecular complexity index is 719. The van der Waals surface area contributed by atoms with Gasteiger partial charge in [-0.05, 0) is 39.8 Å². The lowest BCUT2D eigenvalue weighted by molar-refractivity contribution is -0.125. The quantitative estimate of drug-likeness (QED) is 0.724. The summed E-state index contributed by atoms with van der Waals surface area (Å²) in [5.74, 6) is 0.949. The highest BCUT2D eigenvalue weighted by atomic mass is 32.2. The fraction of sp³-hybridized carbons (Fsp3) is 0.500. The summed E-state index contributed by atoms with van der Waals surface area (Å²) in [7, 11) is 0. The van der Waals surface area contributed by atoms with E-state index in [0.717, 1.165) is 0 Å². The molecular formula is C16H23N5O3S. The zero-order valence-electron chi connectivity index (χ0n) is 14.8.